The van der Waals surface area contributed by atoms with Crippen LogP contribution in [0.15, 0.2) is 29.4 Å². The Morgan fingerprint density at radius 3 is 2.88 bits per heavy atom. The number of hydrogen-bond donors (Lipinski definition) is 1. The molecule has 41 valence electrons. The van der Waals surface area contributed by atoms with Crippen molar-refractivity contribution in [2.24, 2.45) is 0 Å². The highest BCUT2D eigenvalue weighted by molar-refractivity contribution is 7.96. The van der Waals surface area contributed by atoms with Gasteiger partial charge in [-0.3, -0.25) is 4.98 Å². The van der Waals surface area contributed by atoms with Crippen molar-refractivity contribution < 1.29 is 0 Å². The SMILES string of the molecule is [CH]=[SH]c1cccnc1. The van der Waals surface area contributed by atoms with Gasteiger partial charge < -0.3 is 0 Å². The van der Waals surface area contributed by atoms with E-state index >= 15 is 0 Å². The number of aromatic nitrogens is 1. The lowest BCUT2D eigenvalue weighted by Gasteiger charge is -1.85. The third-order valence-corrected chi connectivity index (χ3v) is 1.36. The monoisotopic (exact) mass is 124 g/mol. The van der Waals surface area contributed by atoms with E-state index in [1.54, 1.807) is 12.4 Å². The fraction of sp³-hybridized carbons (Fsp3) is 0. The average Bonchev–Trinajstić information content (AvgIpc) is 1.90. The van der Waals surface area contributed by atoms with Gasteiger partial charge in [0.05, 0.1) is 0 Å². The summed E-state index contributed by atoms with van der Waals surface area (Å²) in [6.07, 6.45) is 3.48. The molecule has 1 nitrogen and oxygen atoms in total. The van der Waals surface area contributed by atoms with Gasteiger partial charge in [0, 0.05) is 17.3 Å². The molecule has 0 unspecified atom stereocenters. The molecule has 0 saturated heterocycles. The maximum absolute atomic E-state index is 5.28. The van der Waals surface area contributed by atoms with Crippen molar-refractivity contribution in [3.8, 4) is 0 Å². The van der Waals surface area contributed by atoms with E-state index in [0.717, 1.165) is 16.2 Å². The minimum atomic E-state index is 0.787. The molecule has 0 spiro atoms. The minimum Gasteiger partial charge on any atom is -0.264 e. The first-order valence-corrected chi connectivity index (χ1v) is 3.21. The van der Waals surface area contributed by atoms with E-state index < -0.39 is 0 Å². The Kier molecular flexibility index (Phi) is 1.80. The topological polar surface area (TPSA) is 12.9 Å². The van der Waals surface area contributed by atoms with E-state index in [2.05, 4.69) is 4.98 Å². The normalized spacial score (nSPS) is 9.00. The Bertz CT molecular complexity index is 171. The van der Waals surface area contributed by atoms with Crippen LogP contribution in [0.25, 0.3) is 0 Å². The van der Waals surface area contributed by atoms with Gasteiger partial charge in [-0.15, -0.1) is 0 Å². The molecular formula is C6H6NS. The second-order valence-corrected chi connectivity index (χ2v) is 2.11. The van der Waals surface area contributed by atoms with E-state index in [1.165, 1.54) is 0 Å². The standard InChI is InChI=1S/C6H6NS/c1-8-6-3-2-4-7-5-6/h1-5,8H. The summed E-state index contributed by atoms with van der Waals surface area (Å²) in [6, 6.07) is 3.81. The Morgan fingerprint density at radius 2 is 2.50 bits per heavy atom. The molecule has 0 bridgehead atoms. The maximum Gasteiger partial charge on any atom is 0.0396 e. The number of rotatable bonds is 1. The molecule has 0 amide bonds. The lowest BCUT2D eigenvalue weighted by Crippen LogP contribution is -1.66. The van der Waals surface area contributed by atoms with Gasteiger partial charge in [-0.2, -0.15) is 11.4 Å². The molecule has 0 aliphatic rings. The van der Waals surface area contributed by atoms with E-state index in [0.29, 0.717) is 0 Å². The second-order valence-electron chi connectivity index (χ2n) is 1.34. The molecule has 1 radical (unpaired) electrons. The first-order chi connectivity index (χ1) is 3.93. The molecule has 2 heteroatoms. The molecule has 0 aliphatic carbocycles. The predicted molar refractivity (Wildman–Crippen MR) is 37.6 cm³/mol. The van der Waals surface area contributed by atoms with Gasteiger partial charge in [0.2, 0.25) is 0 Å². The summed E-state index contributed by atoms with van der Waals surface area (Å²) in [4.78, 5) is 4.92. The Labute approximate surface area is 52.3 Å². The van der Waals surface area contributed by atoms with E-state index in [1.807, 2.05) is 12.1 Å². The van der Waals surface area contributed by atoms with Gasteiger partial charge >= 0.3 is 0 Å². The summed E-state index contributed by atoms with van der Waals surface area (Å²) in [5, 5.41) is 0. The molecule has 0 saturated carbocycles. The van der Waals surface area contributed by atoms with Crippen LogP contribution in [-0.4, -0.2) is 10.9 Å². The summed E-state index contributed by atoms with van der Waals surface area (Å²) in [5.74, 6) is 5.28. The first-order valence-electron chi connectivity index (χ1n) is 2.24. The summed E-state index contributed by atoms with van der Waals surface area (Å²) in [6.45, 7) is 0. The van der Waals surface area contributed by atoms with Gasteiger partial charge in [0.15, 0.2) is 0 Å². The summed E-state index contributed by atoms with van der Waals surface area (Å²) in [5.41, 5.74) is 0. The van der Waals surface area contributed by atoms with Crippen LogP contribution < -0.4 is 0 Å². The van der Waals surface area contributed by atoms with Crippen LogP contribution in [0.4, 0.5) is 0 Å². The lowest BCUT2D eigenvalue weighted by atomic mass is 10.5. The van der Waals surface area contributed by atoms with Crippen LogP contribution in [0.5, 0.6) is 0 Å². The molecule has 0 aliphatic heterocycles. The van der Waals surface area contributed by atoms with Gasteiger partial charge in [-0.05, 0) is 18.0 Å². The lowest BCUT2D eigenvalue weighted by molar-refractivity contribution is 1.24. The van der Waals surface area contributed by atoms with Crippen LogP contribution in [0.3, 0.4) is 0 Å². The third-order valence-electron chi connectivity index (χ3n) is 0.795. The second kappa shape index (κ2) is 2.62. The van der Waals surface area contributed by atoms with Crippen molar-refractivity contribution in [3.05, 3.63) is 24.5 Å². The number of hydrogen-bond acceptors (Lipinski definition) is 1. The van der Waals surface area contributed by atoms with Crippen molar-refractivity contribution in [3.63, 3.8) is 0 Å². The fourth-order valence-corrected chi connectivity index (χ4v) is 0.736. The first kappa shape index (κ1) is 5.51. The molecule has 0 atom stereocenters. The molecule has 1 aromatic rings. The van der Waals surface area contributed by atoms with Gasteiger partial charge in [0.25, 0.3) is 0 Å². The van der Waals surface area contributed by atoms with Crippen LogP contribution in [-0.2, 0) is 0 Å². The summed E-state index contributed by atoms with van der Waals surface area (Å²) in [7, 11) is 0. The van der Waals surface area contributed by atoms with Crippen LogP contribution >= 0.6 is 11.4 Å². The molecule has 8 heavy (non-hydrogen) atoms. The van der Waals surface area contributed by atoms with E-state index in [4.69, 9.17) is 5.87 Å². The molecule has 0 aromatic carbocycles. The molecule has 1 heterocycles. The molecule has 1 aromatic heterocycles. The number of nitrogens with zero attached hydrogens (tertiary/aromatic N) is 1. The zero-order valence-corrected chi connectivity index (χ0v) is 5.18. The highest BCUT2D eigenvalue weighted by Gasteiger charge is 1.76. The Morgan fingerprint density at radius 1 is 1.62 bits per heavy atom. The maximum atomic E-state index is 5.28. The molecule has 0 fully saturated rings. The number of thiol groups is 1. The van der Waals surface area contributed by atoms with Crippen molar-refractivity contribution in [1.29, 1.82) is 0 Å². The van der Waals surface area contributed by atoms with Crippen molar-refractivity contribution in [2.45, 2.75) is 4.90 Å². The Hall–Kier alpha value is -0.630. The highest BCUT2D eigenvalue weighted by atomic mass is 32.1. The number of pyridine rings is 1. The Balaban J connectivity index is 2.99. The quantitative estimate of drug-likeness (QED) is 0.438. The van der Waals surface area contributed by atoms with Gasteiger partial charge in [-0.1, -0.05) is 0 Å². The van der Waals surface area contributed by atoms with E-state index in [9.17, 15) is 0 Å². The molecule has 1 rings (SSSR count). The van der Waals surface area contributed by atoms with Crippen molar-refractivity contribution >= 4 is 17.2 Å². The van der Waals surface area contributed by atoms with Crippen molar-refractivity contribution in [2.75, 3.05) is 0 Å². The van der Waals surface area contributed by atoms with Gasteiger partial charge in [0.1, 0.15) is 0 Å². The summed E-state index contributed by atoms with van der Waals surface area (Å²) >= 11 is 0.787. The van der Waals surface area contributed by atoms with E-state index in [-0.39, 0.29) is 0 Å². The van der Waals surface area contributed by atoms with Crippen molar-refractivity contribution in [1.82, 2.24) is 4.98 Å². The minimum absolute atomic E-state index is 0.787. The molecule has 0 N–H and O–H groups in total. The fourth-order valence-electron chi connectivity index (χ4n) is 0.430. The van der Waals surface area contributed by atoms with Crippen LogP contribution in [0.1, 0.15) is 0 Å². The van der Waals surface area contributed by atoms with Gasteiger partial charge in [-0.25, -0.2) is 0 Å². The predicted octanol–water partition coefficient (Wildman–Crippen LogP) is 1.22. The summed E-state index contributed by atoms with van der Waals surface area (Å²) < 4.78 is 0. The van der Waals surface area contributed by atoms with Crippen LogP contribution in [0, 0.1) is 0 Å². The van der Waals surface area contributed by atoms with Crippen LogP contribution in [0.2, 0.25) is 0 Å². The highest BCUT2D eigenvalue weighted by Crippen LogP contribution is 2.03. The largest absolute Gasteiger partial charge is 0.264 e. The third kappa shape index (κ3) is 1.17. The zero-order valence-electron chi connectivity index (χ0n) is 4.28. The smallest absolute Gasteiger partial charge is 0.0396 e. The average molecular weight is 124 g/mol. The zero-order chi connectivity index (χ0) is 5.82. The molecular weight excluding hydrogens is 118 g/mol.